The van der Waals surface area contributed by atoms with Gasteiger partial charge in [-0.25, -0.2) is 0 Å². The van der Waals surface area contributed by atoms with Crippen LogP contribution in [-0.2, 0) is 13.0 Å². The molecule has 1 aromatic heterocycles. The third-order valence-electron chi connectivity index (χ3n) is 5.26. The average Bonchev–Trinajstić information content (AvgIpc) is 3.25. The lowest BCUT2D eigenvalue weighted by molar-refractivity contribution is 0.307. The van der Waals surface area contributed by atoms with Gasteiger partial charge >= 0.3 is 0 Å². The summed E-state index contributed by atoms with van der Waals surface area (Å²) >= 11 is 1.79. The predicted octanol–water partition coefficient (Wildman–Crippen LogP) is 4.01. The minimum atomic E-state index is 0. The topological polar surface area (TPSA) is 49.3 Å². The summed E-state index contributed by atoms with van der Waals surface area (Å²) in [6.07, 6.45) is 0.960. The van der Waals surface area contributed by atoms with Crippen LogP contribution < -0.4 is 14.8 Å². The molecule has 3 rings (SSSR count). The van der Waals surface area contributed by atoms with Crippen LogP contribution in [-0.4, -0.2) is 63.7 Å². The van der Waals surface area contributed by atoms with Crippen molar-refractivity contribution >= 4 is 41.3 Å². The van der Waals surface area contributed by atoms with Crippen molar-refractivity contribution in [2.75, 3.05) is 47.9 Å². The number of thiophene rings is 1. The van der Waals surface area contributed by atoms with Gasteiger partial charge in [-0.3, -0.25) is 4.99 Å². The van der Waals surface area contributed by atoms with E-state index in [1.54, 1.807) is 25.6 Å². The van der Waals surface area contributed by atoms with E-state index in [1.165, 1.54) is 16.0 Å². The summed E-state index contributed by atoms with van der Waals surface area (Å²) in [5.41, 5.74) is 2.58. The largest absolute Gasteiger partial charge is 0.493 e. The van der Waals surface area contributed by atoms with Crippen LogP contribution >= 0.6 is 35.3 Å². The first-order chi connectivity index (χ1) is 14.1. The number of guanidine groups is 1. The Labute approximate surface area is 201 Å². The molecule has 6 nitrogen and oxygen atoms in total. The van der Waals surface area contributed by atoms with E-state index in [-0.39, 0.29) is 30.0 Å². The first kappa shape index (κ1) is 24.7. The number of fused-ring (bicyclic) bond motifs is 1. The highest BCUT2D eigenvalue weighted by molar-refractivity contribution is 14.0. The second-order valence-corrected chi connectivity index (χ2v) is 8.32. The van der Waals surface area contributed by atoms with E-state index in [4.69, 9.17) is 14.5 Å². The monoisotopic (exact) mass is 544 g/mol. The molecule has 0 saturated heterocycles. The molecule has 0 fully saturated rings. The van der Waals surface area contributed by atoms with Gasteiger partial charge in [0.05, 0.1) is 26.8 Å². The lowest BCUT2D eigenvalue weighted by Gasteiger charge is -2.32. The summed E-state index contributed by atoms with van der Waals surface area (Å²) < 4.78 is 11.0. The number of nitrogens with one attached hydrogen (secondary N) is 1. The first-order valence-electron chi connectivity index (χ1n) is 10.0. The van der Waals surface area contributed by atoms with Crippen LogP contribution in [0, 0.1) is 0 Å². The zero-order valence-corrected chi connectivity index (χ0v) is 21.6. The van der Waals surface area contributed by atoms with Gasteiger partial charge in [-0.1, -0.05) is 6.07 Å². The third kappa shape index (κ3) is 5.79. The number of rotatable bonds is 7. The highest BCUT2D eigenvalue weighted by Gasteiger charge is 2.22. The molecule has 1 unspecified atom stereocenters. The van der Waals surface area contributed by atoms with Crippen molar-refractivity contribution in [1.82, 2.24) is 15.1 Å². The number of halogens is 1. The van der Waals surface area contributed by atoms with Crippen molar-refractivity contribution in [3.05, 3.63) is 45.6 Å². The highest BCUT2D eigenvalue weighted by atomic mass is 127. The molecule has 0 bridgehead atoms. The van der Waals surface area contributed by atoms with Crippen molar-refractivity contribution in [2.24, 2.45) is 4.99 Å². The van der Waals surface area contributed by atoms with E-state index in [2.05, 4.69) is 65.8 Å². The zero-order valence-electron chi connectivity index (χ0n) is 18.5. The van der Waals surface area contributed by atoms with Crippen molar-refractivity contribution < 1.29 is 9.47 Å². The molecule has 1 aliphatic heterocycles. The first-order valence-corrected chi connectivity index (χ1v) is 10.9. The fourth-order valence-corrected chi connectivity index (χ4v) is 4.57. The molecule has 166 valence electrons. The second-order valence-electron chi connectivity index (χ2n) is 7.34. The second kappa shape index (κ2) is 11.8. The van der Waals surface area contributed by atoms with E-state index < -0.39 is 0 Å². The summed E-state index contributed by atoms with van der Waals surface area (Å²) in [4.78, 5) is 10.9. The Hall–Kier alpha value is -1.52. The van der Waals surface area contributed by atoms with Crippen LogP contribution in [0.5, 0.6) is 11.5 Å². The molecule has 2 aromatic rings. The maximum absolute atomic E-state index is 5.50. The quantitative estimate of drug-likeness (QED) is 0.325. The number of benzene rings is 1. The number of aliphatic imine (C=N–C) groups is 1. The van der Waals surface area contributed by atoms with Crippen LogP contribution in [0.25, 0.3) is 0 Å². The molecule has 1 aromatic carbocycles. The summed E-state index contributed by atoms with van der Waals surface area (Å²) in [5, 5.41) is 5.61. The molecule has 30 heavy (non-hydrogen) atoms. The fraction of sp³-hybridized carbons (Fsp3) is 0.500. The average molecular weight is 545 g/mol. The van der Waals surface area contributed by atoms with Crippen molar-refractivity contribution in [3.63, 3.8) is 0 Å². The molecule has 0 saturated carbocycles. The molecule has 0 aliphatic carbocycles. The van der Waals surface area contributed by atoms with Gasteiger partial charge in [-0.2, -0.15) is 0 Å². The van der Waals surface area contributed by atoms with Gasteiger partial charge in [0, 0.05) is 24.5 Å². The molecular formula is C22H33IN4O2S. The van der Waals surface area contributed by atoms with E-state index >= 15 is 0 Å². The number of nitrogens with zero attached hydrogens (tertiary/aromatic N) is 3. The number of hydrogen-bond acceptors (Lipinski definition) is 5. The van der Waals surface area contributed by atoms with Crippen molar-refractivity contribution in [2.45, 2.75) is 25.9 Å². The Morgan fingerprint density at radius 2 is 1.93 bits per heavy atom. The summed E-state index contributed by atoms with van der Waals surface area (Å²) in [6, 6.07) is 8.78. The van der Waals surface area contributed by atoms with Crippen LogP contribution in [0.1, 0.15) is 29.0 Å². The lowest BCUT2D eigenvalue weighted by Crippen LogP contribution is -2.44. The summed E-state index contributed by atoms with van der Waals surface area (Å²) in [7, 11) is 7.60. The SMILES string of the molecule is CCNC(=NCC(c1cccs1)N(C)C)N1CCc2cc(OC)c(OC)cc2C1.I. The molecule has 1 aliphatic rings. The number of hydrogen-bond donors (Lipinski definition) is 1. The Morgan fingerprint density at radius 1 is 1.23 bits per heavy atom. The number of likely N-dealkylation sites (N-methyl/N-ethyl adjacent to an activating group) is 1. The van der Waals surface area contributed by atoms with E-state index in [0.717, 1.165) is 50.1 Å². The van der Waals surface area contributed by atoms with Gasteiger partial charge in [0.1, 0.15) is 0 Å². The van der Waals surface area contributed by atoms with Gasteiger partial charge in [-0.05, 0) is 62.1 Å². The summed E-state index contributed by atoms with van der Waals surface area (Å²) in [5.74, 6) is 2.54. The van der Waals surface area contributed by atoms with Crippen molar-refractivity contribution in [1.29, 1.82) is 0 Å². The normalized spacial score (nSPS) is 14.7. The van der Waals surface area contributed by atoms with Crippen molar-refractivity contribution in [3.8, 4) is 11.5 Å². The van der Waals surface area contributed by atoms with Gasteiger partial charge in [0.25, 0.3) is 0 Å². The van der Waals surface area contributed by atoms with Crippen LogP contribution in [0.2, 0.25) is 0 Å². The Bertz CT molecular complexity index is 827. The molecule has 0 amide bonds. The number of ether oxygens (including phenoxy) is 2. The van der Waals surface area contributed by atoms with Gasteiger partial charge in [-0.15, -0.1) is 35.3 Å². The molecule has 0 spiro atoms. The van der Waals surface area contributed by atoms with Gasteiger partial charge < -0.3 is 24.6 Å². The number of methoxy groups -OCH3 is 2. The standard InChI is InChI=1S/C22H32N4O2S.HI/c1-6-23-22(24-14-18(25(2)3)21-8-7-11-29-21)26-10-9-16-12-19(27-4)20(28-5)13-17(16)15-26;/h7-8,11-13,18H,6,9-10,14-15H2,1-5H3,(H,23,24);1H. The molecule has 2 heterocycles. The molecule has 1 atom stereocenters. The zero-order chi connectivity index (χ0) is 20.8. The minimum absolute atomic E-state index is 0. The molecule has 0 radical (unpaired) electrons. The van der Waals surface area contributed by atoms with Gasteiger partial charge in [0.2, 0.25) is 0 Å². The Kier molecular flexibility index (Phi) is 9.70. The Morgan fingerprint density at radius 3 is 2.50 bits per heavy atom. The van der Waals surface area contributed by atoms with Crippen LogP contribution in [0.4, 0.5) is 0 Å². The van der Waals surface area contributed by atoms with E-state index in [0.29, 0.717) is 0 Å². The third-order valence-corrected chi connectivity index (χ3v) is 6.23. The van der Waals surface area contributed by atoms with E-state index in [9.17, 15) is 0 Å². The molecule has 8 heteroatoms. The van der Waals surface area contributed by atoms with E-state index in [1.807, 2.05) is 0 Å². The Balaban J connectivity index is 0.00000320. The van der Waals surface area contributed by atoms with Crippen LogP contribution in [0.3, 0.4) is 0 Å². The molecule has 1 N–H and O–H groups in total. The lowest BCUT2D eigenvalue weighted by atomic mass is 9.99. The molecular weight excluding hydrogens is 511 g/mol. The maximum atomic E-state index is 5.50. The minimum Gasteiger partial charge on any atom is -0.493 e. The fourth-order valence-electron chi connectivity index (χ4n) is 3.65. The predicted molar refractivity (Wildman–Crippen MR) is 136 cm³/mol. The highest BCUT2D eigenvalue weighted by Crippen LogP contribution is 2.33. The maximum Gasteiger partial charge on any atom is 0.194 e. The van der Waals surface area contributed by atoms with Gasteiger partial charge in [0.15, 0.2) is 17.5 Å². The van der Waals surface area contributed by atoms with Crippen LogP contribution in [0.15, 0.2) is 34.6 Å². The smallest absolute Gasteiger partial charge is 0.194 e. The summed E-state index contributed by atoms with van der Waals surface area (Å²) in [6.45, 7) is 5.43.